The molecule has 0 unspecified atom stereocenters. The van der Waals surface area contributed by atoms with Crippen molar-refractivity contribution in [1.29, 1.82) is 0 Å². The maximum Gasteiger partial charge on any atom is 0.271 e. The van der Waals surface area contributed by atoms with Crippen LogP contribution >= 0.6 is 0 Å². The molecule has 156 valence electrons. The van der Waals surface area contributed by atoms with Crippen molar-refractivity contribution in [2.75, 3.05) is 13.1 Å². The molecule has 2 aliphatic rings. The van der Waals surface area contributed by atoms with Gasteiger partial charge in [0.15, 0.2) is 5.69 Å². The minimum absolute atomic E-state index is 0.159. The van der Waals surface area contributed by atoms with Crippen LogP contribution in [0.1, 0.15) is 61.6 Å². The monoisotopic (exact) mass is 416 g/mol. The molecule has 1 saturated carbocycles. The summed E-state index contributed by atoms with van der Waals surface area (Å²) in [6, 6.07) is 6.94. The van der Waals surface area contributed by atoms with Gasteiger partial charge in [-0.1, -0.05) is 38.3 Å². The lowest BCUT2D eigenvalue weighted by Crippen LogP contribution is -2.33. The van der Waals surface area contributed by atoms with E-state index in [0.717, 1.165) is 38.5 Å². The quantitative estimate of drug-likeness (QED) is 0.670. The van der Waals surface area contributed by atoms with E-state index in [1.54, 1.807) is 29.1 Å². The smallest absolute Gasteiger partial charge is 0.271 e. The van der Waals surface area contributed by atoms with Crippen molar-refractivity contribution < 1.29 is 13.2 Å². The fraction of sp³-hybridized carbons (Fsp3) is 0.524. The summed E-state index contributed by atoms with van der Waals surface area (Å²) in [4.78, 5) is 17.4. The lowest BCUT2D eigenvalue weighted by atomic mass is 10.2. The van der Waals surface area contributed by atoms with Crippen LogP contribution in [0.2, 0.25) is 0 Å². The number of amides is 1. The van der Waals surface area contributed by atoms with E-state index in [-0.39, 0.29) is 17.3 Å². The summed E-state index contributed by atoms with van der Waals surface area (Å²) in [5.41, 5.74) is 1.49. The molecule has 29 heavy (non-hydrogen) atoms. The number of nitrogens with zero attached hydrogens (tertiary/aromatic N) is 3. The number of para-hydroxylation sites is 1. The summed E-state index contributed by atoms with van der Waals surface area (Å²) in [7, 11) is -3.63. The van der Waals surface area contributed by atoms with E-state index < -0.39 is 10.0 Å². The van der Waals surface area contributed by atoms with Crippen LogP contribution < -0.4 is 5.32 Å². The number of carbonyl (C=O) groups is 1. The third-order valence-electron chi connectivity index (χ3n) is 5.62. The van der Waals surface area contributed by atoms with Crippen molar-refractivity contribution in [3.05, 3.63) is 42.0 Å². The molecule has 2 aromatic rings. The molecule has 2 heterocycles. The Bertz CT molecular complexity index is 995. The van der Waals surface area contributed by atoms with Crippen LogP contribution in [-0.2, 0) is 16.6 Å². The van der Waals surface area contributed by atoms with Gasteiger partial charge >= 0.3 is 0 Å². The van der Waals surface area contributed by atoms with Gasteiger partial charge in [-0.25, -0.2) is 13.4 Å². The number of aromatic nitrogens is 2. The number of carbonyl (C=O) groups excluding carboxylic acids is 1. The molecule has 0 atom stereocenters. The molecule has 1 aromatic heterocycles. The van der Waals surface area contributed by atoms with E-state index >= 15 is 0 Å². The fourth-order valence-electron chi connectivity index (χ4n) is 3.78. The Kier molecular flexibility index (Phi) is 5.74. The predicted molar refractivity (Wildman–Crippen MR) is 110 cm³/mol. The third-order valence-corrected chi connectivity index (χ3v) is 7.48. The maximum absolute atomic E-state index is 13.3. The Labute approximate surface area is 172 Å². The molecule has 1 N–H and O–H groups in total. The zero-order valence-electron chi connectivity index (χ0n) is 16.8. The summed E-state index contributed by atoms with van der Waals surface area (Å²) in [5.74, 6) is 0.167. The summed E-state index contributed by atoms with van der Waals surface area (Å²) < 4.78 is 29.9. The molecule has 1 amide bonds. The summed E-state index contributed by atoms with van der Waals surface area (Å²) in [6.07, 6.45) is 7.99. The molecule has 1 aliphatic heterocycles. The molecule has 7 nitrogen and oxygen atoms in total. The average Bonchev–Trinajstić information content (AvgIpc) is 3.45. The van der Waals surface area contributed by atoms with Crippen molar-refractivity contribution in [1.82, 2.24) is 19.2 Å². The summed E-state index contributed by atoms with van der Waals surface area (Å²) >= 11 is 0. The van der Waals surface area contributed by atoms with Gasteiger partial charge in [0.25, 0.3) is 5.91 Å². The van der Waals surface area contributed by atoms with Crippen LogP contribution in [0, 0.1) is 5.92 Å². The van der Waals surface area contributed by atoms with Crippen molar-refractivity contribution in [2.24, 2.45) is 5.92 Å². The highest BCUT2D eigenvalue weighted by Crippen LogP contribution is 2.36. The molecule has 0 saturated heterocycles. The van der Waals surface area contributed by atoms with Crippen molar-refractivity contribution >= 4 is 15.9 Å². The summed E-state index contributed by atoms with van der Waals surface area (Å²) in [5, 5.41) is 2.94. The van der Waals surface area contributed by atoms with Gasteiger partial charge in [0, 0.05) is 13.1 Å². The van der Waals surface area contributed by atoms with Crippen LogP contribution in [0.3, 0.4) is 0 Å². The molecule has 0 spiro atoms. The Morgan fingerprint density at radius 1 is 1.21 bits per heavy atom. The second-order valence-corrected chi connectivity index (χ2v) is 9.84. The molecule has 1 fully saturated rings. The van der Waals surface area contributed by atoms with E-state index in [0.29, 0.717) is 36.1 Å². The largest absolute Gasteiger partial charge is 0.351 e. The highest BCUT2D eigenvalue weighted by molar-refractivity contribution is 7.89. The number of rotatable bonds is 8. The number of unbranched alkanes of at least 4 members (excludes halogenated alkanes) is 3. The molecule has 4 rings (SSSR count). The topological polar surface area (TPSA) is 84.3 Å². The van der Waals surface area contributed by atoms with Crippen LogP contribution in [0.5, 0.6) is 0 Å². The van der Waals surface area contributed by atoms with Gasteiger partial charge in [0.05, 0.1) is 17.9 Å². The highest BCUT2D eigenvalue weighted by Gasteiger charge is 2.37. The number of hydrogen-bond acceptors (Lipinski definition) is 4. The highest BCUT2D eigenvalue weighted by atomic mass is 32.2. The van der Waals surface area contributed by atoms with Gasteiger partial charge in [-0.15, -0.1) is 0 Å². The van der Waals surface area contributed by atoms with Crippen LogP contribution in [-0.4, -0.2) is 41.3 Å². The number of benzene rings is 1. The lowest BCUT2D eigenvalue weighted by molar-refractivity contribution is 0.0946. The van der Waals surface area contributed by atoms with E-state index in [4.69, 9.17) is 0 Å². The van der Waals surface area contributed by atoms with Crippen LogP contribution in [0.25, 0.3) is 5.69 Å². The zero-order valence-corrected chi connectivity index (χ0v) is 17.6. The number of hydrogen-bond donors (Lipinski definition) is 1. The van der Waals surface area contributed by atoms with Crippen LogP contribution in [0.4, 0.5) is 0 Å². The first-order valence-electron chi connectivity index (χ1n) is 10.5. The van der Waals surface area contributed by atoms with Crippen LogP contribution in [0.15, 0.2) is 35.5 Å². The summed E-state index contributed by atoms with van der Waals surface area (Å²) in [6.45, 7) is 3.40. The molecular weight excluding hydrogens is 388 g/mol. The number of fused-ring (bicyclic) bond motifs is 3. The maximum atomic E-state index is 13.3. The van der Waals surface area contributed by atoms with Crippen molar-refractivity contribution in [2.45, 2.75) is 56.9 Å². The molecule has 0 radical (unpaired) electrons. The molecular formula is C21H28N4O3S. The first-order valence-corrected chi connectivity index (χ1v) is 11.9. The standard InChI is InChI=1S/C21H28N4O3S/c1-2-3-4-7-12-22-21(26)20-18-14-24(13-16-10-11-16)29(27,28)19-9-6-5-8-17(19)25(18)15-23-20/h5-6,8-9,15-16H,2-4,7,10-14H2,1H3,(H,22,26). The Morgan fingerprint density at radius 2 is 2.00 bits per heavy atom. The number of imidazole rings is 1. The first kappa shape index (κ1) is 20.1. The molecule has 1 aromatic carbocycles. The normalized spacial score (nSPS) is 18.0. The van der Waals surface area contributed by atoms with Crippen molar-refractivity contribution in [3.8, 4) is 5.69 Å². The van der Waals surface area contributed by atoms with E-state index in [2.05, 4.69) is 17.2 Å². The van der Waals surface area contributed by atoms with E-state index in [9.17, 15) is 13.2 Å². The van der Waals surface area contributed by atoms with E-state index in [1.165, 1.54) is 4.31 Å². The van der Waals surface area contributed by atoms with Gasteiger partial charge in [0.1, 0.15) is 11.2 Å². The molecule has 1 aliphatic carbocycles. The van der Waals surface area contributed by atoms with Gasteiger partial charge in [-0.05, 0) is 37.3 Å². The van der Waals surface area contributed by atoms with Gasteiger partial charge < -0.3 is 5.32 Å². The van der Waals surface area contributed by atoms with Gasteiger partial charge in [0.2, 0.25) is 10.0 Å². The van der Waals surface area contributed by atoms with Crippen molar-refractivity contribution in [3.63, 3.8) is 0 Å². The van der Waals surface area contributed by atoms with Gasteiger partial charge in [-0.2, -0.15) is 4.31 Å². The zero-order chi connectivity index (χ0) is 20.4. The van der Waals surface area contributed by atoms with Gasteiger partial charge in [-0.3, -0.25) is 9.36 Å². The lowest BCUT2D eigenvalue weighted by Gasteiger charge is -2.20. The molecule has 0 bridgehead atoms. The number of sulfonamides is 1. The minimum Gasteiger partial charge on any atom is -0.351 e. The predicted octanol–water partition coefficient (Wildman–Crippen LogP) is 3.10. The third kappa shape index (κ3) is 4.09. The SMILES string of the molecule is CCCCCCNC(=O)c1ncn2c1CN(CC1CC1)S(=O)(=O)c1ccccc1-2. The Hall–Kier alpha value is -2.19. The minimum atomic E-state index is -3.63. The Balaban J connectivity index is 1.65. The fourth-order valence-corrected chi connectivity index (χ4v) is 5.43. The van der Waals surface area contributed by atoms with E-state index in [1.807, 2.05) is 6.07 Å². The average molecular weight is 417 g/mol. The Morgan fingerprint density at radius 3 is 2.76 bits per heavy atom. The second kappa shape index (κ2) is 8.28. The molecule has 8 heteroatoms. The first-order chi connectivity index (χ1) is 14.0. The second-order valence-electron chi connectivity index (χ2n) is 7.94. The number of nitrogens with one attached hydrogen (secondary N) is 1.